The SMILES string of the molecule is CC(C)(CCc1ccccc1)C(=O)O.O=NO. The van der Waals surface area contributed by atoms with Gasteiger partial charge in [-0.2, -0.15) is 0 Å². The smallest absolute Gasteiger partial charge is 0.309 e. The third-order valence-electron chi connectivity index (χ3n) is 2.46. The van der Waals surface area contributed by atoms with Gasteiger partial charge < -0.3 is 10.3 Å². The second-order valence-electron chi connectivity index (χ2n) is 4.26. The Balaban J connectivity index is 0.000000770. The molecule has 1 aromatic carbocycles. The maximum absolute atomic E-state index is 10.8. The van der Waals surface area contributed by atoms with Gasteiger partial charge in [0.15, 0.2) is 5.34 Å². The second-order valence-corrected chi connectivity index (χ2v) is 4.26. The van der Waals surface area contributed by atoms with Crippen LogP contribution in [-0.4, -0.2) is 16.3 Å². The van der Waals surface area contributed by atoms with Crippen LogP contribution in [0.5, 0.6) is 0 Å². The highest BCUT2D eigenvalue weighted by Gasteiger charge is 2.26. The van der Waals surface area contributed by atoms with E-state index in [1.807, 2.05) is 30.3 Å². The van der Waals surface area contributed by atoms with E-state index in [0.717, 1.165) is 6.42 Å². The Kier molecular flexibility index (Phi) is 6.55. The zero-order valence-corrected chi connectivity index (χ0v) is 9.96. The van der Waals surface area contributed by atoms with Crippen molar-refractivity contribution in [3.63, 3.8) is 0 Å². The molecule has 17 heavy (non-hydrogen) atoms. The molecular formula is C12H17NO4. The lowest BCUT2D eigenvalue weighted by Crippen LogP contribution is -2.24. The number of carboxylic acid groups (broad SMARTS) is 1. The predicted molar refractivity (Wildman–Crippen MR) is 63.8 cm³/mol. The standard InChI is InChI=1S/C12H16O2.HNO2/c1-12(2,11(13)14)9-8-10-6-4-3-5-7-10;2-1-3/h3-7H,8-9H2,1-2H3,(H,13,14);(H,2,3). The van der Waals surface area contributed by atoms with Crippen LogP contribution in [0.25, 0.3) is 0 Å². The Bertz CT molecular complexity index is 349. The molecule has 0 aliphatic rings. The second kappa shape index (κ2) is 7.38. The number of aliphatic carboxylic acids is 1. The van der Waals surface area contributed by atoms with Gasteiger partial charge in [0.1, 0.15) is 0 Å². The summed E-state index contributed by atoms with van der Waals surface area (Å²) < 4.78 is 0. The molecule has 0 atom stereocenters. The first kappa shape index (κ1) is 15.1. The van der Waals surface area contributed by atoms with Gasteiger partial charge in [-0.1, -0.05) is 30.3 Å². The zero-order valence-electron chi connectivity index (χ0n) is 9.96. The molecule has 5 nitrogen and oxygen atoms in total. The maximum Gasteiger partial charge on any atom is 0.309 e. The molecule has 0 amide bonds. The van der Waals surface area contributed by atoms with E-state index >= 15 is 0 Å². The van der Waals surface area contributed by atoms with Gasteiger partial charge in [-0.05, 0) is 32.3 Å². The van der Waals surface area contributed by atoms with E-state index in [2.05, 4.69) is 0 Å². The van der Waals surface area contributed by atoms with Crippen molar-refractivity contribution >= 4 is 5.97 Å². The number of hydrogen-bond acceptors (Lipinski definition) is 3. The minimum Gasteiger partial charge on any atom is -0.481 e. The number of nitrogens with zero attached hydrogens (tertiary/aromatic N) is 1. The van der Waals surface area contributed by atoms with Crippen LogP contribution in [0, 0.1) is 10.3 Å². The summed E-state index contributed by atoms with van der Waals surface area (Å²) in [6.07, 6.45) is 1.49. The Labute approximate surface area is 100 Å². The molecule has 2 N–H and O–H groups in total. The van der Waals surface area contributed by atoms with Crippen molar-refractivity contribution in [3.05, 3.63) is 40.8 Å². The van der Waals surface area contributed by atoms with E-state index in [1.54, 1.807) is 13.8 Å². The summed E-state index contributed by atoms with van der Waals surface area (Å²) >= 11 is 0. The fraction of sp³-hybridized carbons (Fsp3) is 0.417. The average Bonchev–Trinajstić information content (AvgIpc) is 2.29. The Hall–Kier alpha value is -1.91. The van der Waals surface area contributed by atoms with Gasteiger partial charge >= 0.3 is 5.97 Å². The highest BCUT2D eigenvalue weighted by Crippen LogP contribution is 2.22. The lowest BCUT2D eigenvalue weighted by atomic mass is 9.86. The van der Waals surface area contributed by atoms with E-state index in [1.165, 1.54) is 10.9 Å². The molecule has 1 rings (SSSR count). The average molecular weight is 239 g/mol. The molecule has 0 heterocycles. The molecule has 0 radical (unpaired) electrons. The molecule has 0 fully saturated rings. The molecular weight excluding hydrogens is 222 g/mol. The summed E-state index contributed by atoms with van der Waals surface area (Å²) in [6, 6.07) is 9.97. The molecule has 0 aliphatic heterocycles. The van der Waals surface area contributed by atoms with Crippen LogP contribution in [0.4, 0.5) is 0 Å². The summed E-state index contributed by atoms with van der Waals surface area (Å²) in [7, 11) is 0. The number of benzene rings is 1. The van der Waals surface area contributed by atoms with Crippen LogP contribution in [0.1, 0.15) is 25.8 Å². The molecule has 0 saturated carbocycles. The topological polar surface area (TPSA) is 87.0 Å². The summed E-state index contributed by atoms with van der Waals surface area (Å²) in [6.45, 7) is 3.52. The van der Waals surface area contributed by atoms with Crippen molar-refractivity contribution < 1.29 is 15.1 Å². The zero-order chi connectivity index (χ0) is 13.3. The lowest BCUT2D eigenvalue weighted by Gasteiger charge is -2.18. The summed E-state index contributed by atoms with van der Waals surface area (Å²) in [5.74, 6) is -0.728. The first-order valence-corrected chi connectivity index (χ1v) is 5.18. The molecule has 0 bridgehead atoms. The van der Waals surface area contributed by atoms with E-state index in [4.69, 9.17) is 15.2 Å². The van der Waals surface area contributed by atoms with Crippen molar-refractivity contribution in [3.8, 4) is 0 Å². The summed E-state index contributed by atoms with van der Waals surface area (Å²) in [5.41, 5.74) is 0.567. The number of carboxylic acids is 1. The van der Waals surface area contributed by atoms with E-state index in [-0.39, 0.29) is 0 Å². The minimum atomic E-state index is -0.728. The van der Waals surface area contributed by atoms with Gasteiger partial charge in [-0.15, -0.1) is 4.91 Å². The van der Waals surface area contributed by atoms with Crippen molar-refractivity contribution in [1.82, 2.24) is 0 Å². The number of aryl methyl sites for hydroxylation is 1. The van der Waals surface area contributed by atoms with Gasteiger partial charge in [0.05, 0.1) is 5.41 Å². The third-order valence-corrected chi connectivity index (χ3v) is 2.46. The van der Waals surface area contributed by atoms with Crippen LogP contribution in [0.2, 0.25) is 0 Å². The molecule has 1 aromatic rings. The highest BCUT2D eigenvalue weighted by atomic mass is 16.6. The van der Waals surface area contributed by atoms with Crippen LogP contribution in [-0.2, 0) is 11.2 Å². The Morgan fingerprint density at radius 3 is 2.18 bits per heavy atom. The molecule has 5 heteroatoms. The van der Waals surface area contributed by atoms with Crippen LogP contribution < -0.4 is 0 Å². The molecule has 0 spiro atoms. The van der Waals surface area contributed by atoms with Crippen LogP contribution >= 0.6 is 0 Å². The molecule has 94 valence electrons. The van der Waals surface area contributed by atoms with Crippen molar-refractivity contribution in [1.29, 1.82) is 0 Å². The van der Waals surface area contributed by atoms with E-state index in [0.29, 0.717) is 6.42 Å². The number of hydrogen-bond donors (Lipinski definition) is 2. The lowest BCUT2D eigenvalue weighted by molar-refractivity contribution is -0.147. The molecule has 0 unspecified atom stereocenters. The van der Waals surface area contributed by atoms with Gasteiger partial charge in [-0.3, -0.25) is 4.79 Å². The Morgan fingerprint density at radius 1 is 1.29 bits per heavy atom. The van der Waals surface area contributed by atoms with Gasteiger partial charge in [-0.25, -0.2) is 0 Å². The van der Waals surface area contributed by atoms with Crippen molar-refractivity contribution in [2.45, 2.75) is 26.7 Å². The number of carbonyl (C=O) groups is 1. The monoisotopic (exact) mass is 239 g/mol. The normalized spacial score (nSPS) is 10.0. The fourth-order valence-electron chi connectivity index (χ4n) is 1.21. The van der Waals surface area contributed by atoms with Gasteiger partial charge in [0.2, 0.25) is 0 Å². The van der Waals surface area contributed by atoms with E-state index < -0.39 is 11.4 Å². The quantitative estimate of drug-likeness (QED) is 0.624. The van der Waals surface area contributed by atoms with E-state index in [9.17, 15) is 4.79 Å². The fourth-order valence-corrected chi connectivity index (χ4v) is 1.21. The largest absolute Gasteiger partial charge is 0.481 e. The minimum absolute atomic E-state index is 0.629. The van der Waals surface area contributed by atoms with Crippen LogP contribution in [0.3, 0.4) is 0 Å². The maximum atomic E-state index is 10.8. The van der Waals surface area contributed by atoms with Gasteiger partial charge in [0, 0.05) is 0 Å². The third kappa shape index (κ3) is 6.29. The Morgan fingerprint density at radius 2 is 1.76 bits per heavy atom. The first-order chi connectivity index (χ1) is 7.94. The van der Waals surface area contributed by atoms with Gasteiger partial charge in [0.25, 0.3) is 0 Å². The van der Waals surface area contributed by atoms with Crippen LogP contribution in [0.15, 0.2) is 35.7 Å². The molecule has 0 saturated heterocycles. The summed E-state index contributed by atoms with van der Waals surface area (Å²) in [5, 5.41) is 16.8. The predicted octanol–water partition coefficient (Wildman–Crippen LogP) is 2.87. The van der Waals surface area contributed by atoms with Crippen molar-refractivity contribution in [2.75, 3.05) is 0 Å². The molecule has 0 aliphatic carbocycles. The molecule has 0 aromatic heterocycles. The number of rotatable bonds is 4. The highest BCUT2D eigenvalue weighted by molar-refractivity contribution is 5.73. The van der Waals surface area contributed by atoms with Crippen molar-refractivity contribution in [2.24, 2.45) is 10.8 Å². The summed E-state index contributed by atoms with van der Waals surface area (Å²) in [4.78, 5) is 19.0. The first-order valence-electron chi connectivity index (χ1n) is 5.18.